The summed E-state index contributed by atoms with van der Waals surface area (Å²) in [5.41, 5.74) is 7.27. The highest BCUT2D eigenvalue weighted by atomic mass is 35.5. The Kier molecular flexibility index (Phi) is 5.56. The molecule has 21 heavy (non-hydrogen) atoms. The molecule has 0 spiro atoms. The highest BCUT2D eigenvalue weighted by Gasteiger charge is 2.17. The second kappa shape index (κ2) is 7.41. The van der Waals surface area contributed by atoms with Gasteiger partial charge in [-0.3, -0.25) is 0 Å². The van der Waals surface area contributed by atoms with Gasteiger partial charge in [0.2, 0.25) is 0 Å². The Morgan fingerprint density at radius 3 is 2.62 bits per heavy atom. The lowest BCUT2D eigenvalue weighted by molar-refractivity contribution is 0.145. The Labute approximate surface area is 128 Å². The van der Waals surface area contributed by atoms with Gasteiger partial charge in [-0.2, -0.15) is 0 Å². The van der Waals surface area contributed by atoms with Crippen molar-refractivity contribution in [1.82, 2.24) is 0 Å². The first-order valence-electron chi connectivity index (χ1n) is 6.54. The van der Waals surface area contributed by atoms with Crippen molar-refractivity contribution in [2.75, 3.05) is 20.3 Å². The highest BCUT2D eigenvalue weighted by molar-refractivity contribution is 6.30. The van der Waals surface area contributed by atoms with Gasteiger partial charge in [-0.25, -0.2) is 4.39 Å². The van der Waals surface area contributed by atoms with Crippen LogP contribution in [0, 0.1) is 5.82 Å². The van der Waals surface area contributed by atoms with Gasteiger partial charge in [0.05, 0.1) is 12.6 Å². The zero-order valence-corrected chi connectivity index (χ0v) is 12.4. The summed E-state index contributed by atoms with van der Waals surface area (Å²) >= 11 is 5.76. The average Bonchev–Trinajstić information content (AvgIpc) is 2.47. The summed E-state index contributed by atoms with van der Waals surface area (Å²) in [6.07, 6.45) is 0. The molecule has 2 aromatic rings. The predicted molar refractivity (Wildman–Crippen MR) is 81.3 cm³/mol. The van der Waals surface area contributed by atoms with Crippen molar-refractivity contribution in [3.63, 3.8) is 0 Å². The predicted octanol–water partition coefficient (Wildman–Crippen LogP) is 3.55. The molecular weight excluding hydrogens is 293 g/mol. The van der Waals surface area contributed by atoms with E-state index in [0.29, 0.717) is 29.5 Å². The van der Waals surface area contributed by atoms with Crippen LogP contribution in [0.5, 0.6) is 5.75 Å². The molecule has 0 heterocycles. The van der Waals surface area contributed by atoms with Crippen molar-refractivity contribution >= 4 is 11.6 Å². The Hall–Kier alpha value is -1.62. The van der Waals surface area contributed by atoms with Crippen LogP contribution in [0.4, 0.5) is 4.39 Å². The maximum absolute atomic E-state index is 14.0. The number of ether oxygens (including phenoxy) is 2. The van der Waals surface area contributed by atoms with Gasteiger partial charge in [0, 0.05) is 23.3 Å². The van der Waals surface area contributed by atoms with Gasteiger partial charge in [0.15, 0.2) is 0 Å². The third kappa shape index (κ3) is 3.94. The SMILES string of the molecule is COCCOc1ccccc1C(N)c1ccc(Cl)cc1F. The van der Waals surface area contributed by atoms with Crippen LogP contribution in [0.1, 0.15) is 17.2 Å². The first-order valence-corrected chi connectivity index (χ1v) is 6.92. The van der Waals surface area contributed by atoms with Gasteiger partial charge >= 0.3 is 0 Å². The number of rotatable bonds is 6. The van der Waals surface area contributed by atoms with E-state index in [1.807, 2.05) is 18.2 Å². The highest BCUT2D eigenvalue weighted by Crippen LogP contribution is 2.30. The molecule has 3 nitrogen and oxygen atoms in total. The standard InChI is InChI=1S/C16H17ClFNO2/c1-20-8-9-21-15-5-3-2-4-13(15)16(19)12-7-6-11(17)10-14(12)18/h2-7,10,16H,8-9,19H2,1H3. The van der Waals surface area contributed by atoms with E-state index in [1.54, 1.807) is 25.3 Å². The summed E-state index contributed by atoms with van der Waals surface area (Å²) in [6, 6.07) is 11.1. The van der Waals surface area contributed by atoms with E-state index >= 15 is 0 Å². The number of benzene rings is 2. The molecule has 5 heteroatoms. The van der Waals surface area contributed by atoms with Crippen LogP contribution in [-0.4, -0.2) is 20.3 Å². The van der Waals surface area contributed by atoms with Crippen LogP contribution in [-0.2, 0) is 4.74 Å². The molecule has 1 atom stereocenters. The fraction of sp³-hybridized carbons (Fsp3) is 0.250. The molecular formula is C16H17ClFNO2. The minimum Gasteiger partial charge on any atom is -0.491 e. The third-order valence-electron chi connectivity index (χ3n) is 3.10. The molecule has 2 aromatic carbocycles. The number of nitrogens with two attached hydrogens (primary N) is 1. The summed E-state index contributed by atoms with van der Waals surface area (Å²) in [7, 11) is 1.60. The smallest absolute Gasteiger partial charge is 0.129 e. The normalized spacial score (nSPS) is 12.2. The molecule has 0 radical (unpaired) electrons. The zero-order chi connectivity index (χ0) is 15.2. The quantitative estimate of drug-likeness (QED) is 0.830. The van der Waals surface area contributed by atoms with Crippen molar-refractivity contribution < 1.29 is 13.9 Å². The third-order valence-corrected chi connectivity index (χ3v) is 3.33. The lowest BCUT2D eigenvalue weighted by Crippen LogP contribution is -2.16. The van der Waals surface area contributed by atoms with E-state index in [2.05, 4.69) is 0 Å². The largest absolute Gasteiger partial charge is 0.491 e. The lowest BCUT2D eigenvalue weighted by Gasteiger charge is -2.18. The van der Waals surface area contributed by atoms with E-state index < -0.39 is 11.9 Å². The van der Waals surface area contributed by atoms with Crippen molar-refractivity contribution in [1.29, 1.82) is 0 Å². The maximum atomic E-state index is 14.0. The first-order chi connectivity index (χ1) is 10.1. The molecule has 0 aliphatic rings. The number of hydrogen-bond donors (Lipinski definition) is 1. The lowest BCUT2D eigenvalue weighted by atomic mass is 9.98. The molecule has 0 aliphatic heterocycles. The first kappa shape index (κ1) is 15.8. The van der Waals surface area contributed by atoms with Crippen molar-refractivity contribution in [3.8, 4) is 5.75 Å². The Bertz CT molecular complexity index is 607. The average molecular weight is 310 g/mol. The van der Waals surface area contributed by atoms with Gasteiger partial charge < -0.3 is 15.2 Å². The van der Waals surface area contributed by atoms with Crippen LogP contribution in [0.2, 0.25) is 5.02 Å². The molecule has 0 saturated carbocycles. The molecule has 0 amide bonds. The van der Waals surface area contributed by atoms with E-state index in [-0.39, 0.29) is 0 Å². The van der Waals surface area contributed by atoms with Crippen LogP contribution < -0.4 is 10.5 Å². The fourth-order valence-electron chi connectivity index (χ4n) is 2.03. The van der Waals surface area contributed by atoms with Crippen LogP contribution in [0.25, 0.3) is 0 Å². The van der Waals surface area contributed by atoms with Crippen molar-refractivity contribution in [3.05, 3.63) is 64.4 Å². The molecule has 0 aliphatic carbocycles. The Morgan fingerprint density at radius 1 is 1.14 bits per heavy atom. The number of para-hydroxylation sites is 1. The van der Waals surface area contributed by atoms with E-state index in [1.165, 1.54) is 6.07 Å². The minimum atomic E-state index is -0.624. The van der Waals surface area contributed by atoms with Crippen LogP contribution in [0.3, 0.4) is 0 Å². The van der Waals surface area contributed by atoms with E-state index in [4.69, 9.17) is 26.8 Å². The molecule has 0 saturated heterocycles. The van der Waals surface area contributed by atoms with Gasteiger partial charge in [-0.05, 0) is 18.2 Å². The van der Waals surface area contributed by atoms with Crippen molar-refractivity contribution in [2.45, 2.75) is 6.04 Å². The summed E-state index contributed by atoms with van der Waals surface area (Å²) in [6.45, 7) is 0.877. The monoisotopic (exact) mass is 309 g/mol. The minimum absolute atomic E-state index is 0.341. The molecule has 0 fully saturated rings. The summed E-state index contributed by atoms with van der Waals surface area (Å²) in [5.74, 6) is 0.193. The zero-order valence-electron chi connectivity index (χ0n) is 11.7. The number of halogens is 2. The van der Waals surface area contributed by atoms with E-state index in [0.717, 1.165) is 5.56 Å². The molecule has 0 bridgehead atoms. The van der Waals surface area contributed by atoms with Crippen LogP contribution >= 0.6 is 11.6 Å². The van der Waals surface area contributed by atoms with Gasteiger partial charge in [0.1, 0.15) is 18.2 Å². The Morgan fingerprint density at radius 2 is 1.90 bits per heavy atom. The van der Waals surface area contributed by atoms with Gasteiger partial charge in [-0.1, -0.05) is 35.9 Å². The number of hydrogen-bond acceptors (Lipinski definition) is 3. The molecule has 2 N–H and O–H groups in total. The maximum Gasteiger partial charge on any atom is 0.129 e. The van der Waals surface area contributed by atoms with Gasteiger partial charge in [0.25, 0.3) is 0 Å². The second-order valence-electron chi connectivity index (χ2n) is 4.52. The summed E-state index contributed by atoms with van der Waals surface area (Å²) in [5, 5.41) is 0.341. The Balaban J connectivity index is 2.27. The topological polar surface area (TPSA) is 44.5 Å². The van der Waals surface area contributed by atoms with E-state index in [9.17, 15) is 4.39 Å². The number of methoxy groups -OCH3 is 1. The van der Waals surface area contributed by atoms with Crippen LogP contribution in [0.15, 0.2) is 42.5 Å². The van der Waals surface area contributed by atoms with Gasteiger partial charge in [-0.15, -0.1) is 0 Å². The second-order valence-corrected chi connectivity index (χ2v) is 4.96. The molecule has 0 aromatic heterocycles. The molecule has 2 rings (SSSR count). The molecule has 1 unspecified atom stereocenters. The fourth-order valence-corrected chi connectivity index (χ4v) is 2.18. The summed E-state index contributed by atoms with van der Waals surface area (Å²) in [4.78, 5) is 0. The summed E-state index contributed by atoms with van der Waals surface area (Å²) < 4.78 is 24.6. The van der Waals surface area contributed by atoms with Crippen molar-refractivity contribution in [2.24, 2.45) is 5.73 Å². The molecule has 112 valence electrons.